The van der Waals surface area contributed by atoms with Crippen molar-refractivity contribution in [1.29, 1.82) is 0 Å². The van der Waals surface area contributed by atoms with E-state index in [0.717, 1.165) is 11.1 Å². The molecule has 0 spiro atoms. The predicted molar refractivity (Wildman–Crippen MR) is 119 cm³/mol. The maximum Gasteiger partial charge on any atom is 0.332 e. The highest BCUT2D eigenvalue weighted by Gasteiger charge is 2.52. The van der Waals surface area contributed by atoms with E-state index < -0.39 is 49.0 Å². The third-order valence-electron chi connectivity index (χ3n) is 5.75. The number of hydrogen-bond donors (Lipinski definition) is 2. The third kappa shape index (κ3) is 5.81. The fourth-order valence-electron chi connectivity index (χ4n) is 4.09. The van der Waals surface area contributed by atoms with Gasteiger partial charge in [0.2, 0.25) is 5.91 Å². The van der Waals surface area contributed by atoms with Gasteiger partial charge in [-0.15, -0.1) is 0 Å². The van der Waals surface area contributed by atoms with Crippen molar-refractivity contribution >= 4 is 11.9 Å². The van der Waals surface area contributed by atoms with E-state index in [1.54, 1.807) is 0 Å². The van der Waals surface area contributed by atoms with Gasteiger partial charge in [0.05, 0.1) is 13.2 Å². The Morgan fingerprint density at radius 3 is 2.41 bits per heavy atom. The van der Waals surface area contributed by atoms with Crippen molar-refractivity contribution in [2.24, 2.45) is 0 Å². The molecule has 7 atom stereocenters. The molecule has 34 heavy (non-hydrogen) atoms. The molecule has 0 aliphatic carbocycles. The number of ether oxygens (including phenoxy) is 5. The molecule has 2 N–H and O–H groups in total. The number of carboxylic acids is 1. The predicted octanol–water partition coefficient (Wildman–Crippen LogP) is 2.41. The van der Waals surface area contributed by atoms with Crippen molar-refractivity contribution in [3.05, 3.63) is 71.8 Å². The normalized spacial score (nSPS) is 29.6. The lowest BCUT2D eigenvalue weighted by Crippen LogP contribution is -2.67. The van der Waals surface area contributed by atoms with E-state index in [4.69, 9.17) is 23.7 Å². The molecular formula is C25H29NO8. The summed E-state index contributed by atoms with van der Waals surface area (Å²) in [6, 6.07) is 18.1. The highest BCUT2D eigenvalue weighted by atomic mass is 16.8. The van der Waals surface area contributed by atoms with E-state index in [1.807, 2.05) is 60.7 Å². The van der Waals surface area contributed by atoms with E-state index in [9.17, 15) is 14.7 Å². The van der Waals surface area contributed by atoms with E-state index >= 15 is 0 Å². The molecule has 4 rings (SSSR count). The van der Waals surface area contributed by atoms with Gasteiger partial charge in [-0.25, -0.2) is 4.79 Å². The van der Waals surface area contributed by atoms with Crippen LogP contribution in [-0.2, 0) is 39.9 Å². The lowest BCUT2D eigenvalue weighted by atomic mass is 9.95. The minimum atomic E-state index is -1.14. The summed E-state index contributed by atoms with van der Waals surface area (Å²) in [5, 5.41) is 12.3. The molecule has 1 amide bonds. The van der Waals surface area contributed by atoms with Crippen molar-refractivity contribution in [1.82, 2.24) is 5.32 Å². The van der Waals surface area contributed by atoms with Crippen LogP contribution < -0.4 is 5.32 Å². The summed E-state index contributed by atoms with van der Waals surface area (Å²) in [5.74, 6) is -1.46. The minimum absolute atomic E-state index is 0.184. The number of fused-ring (bicyclic) bond motifs is 1. The van der Waals surface area contributed by atoms with Gasteiger partial charge in [0.25, 0.3) is 0 Å². The summed E-state index contributed by atoms with van der Waals surface area (Å²) in [4.78, 5) is 23.7. The lowest BCUT2D eigenvalue weighted by Gasteiger charge is -2.49. The smallest absolute Gasteiger partial charge is 0.332 e. The topological polar surface area (TPSA) is 113 Å². The molecule has 2 aliphatic rings. The molecule has 9 heteroatoms. The molecular weight excluding hydrogens is 442 g/mol. The Morgan fingerprint density at radius 1 is 1.09 bits per heavy atom. The maximum absolute atomic E-state index is 12.1. The molecule has 0 aromatic heterocycles. The maximum atomic E-state index is 12.1. The monoisotopic (exact) mass is 471 g/mol. The molecule has 182 valence electrons. The number of amides is 1. The molecule has 0 radical (unpaired) electrons. The second kappa shape index (κ2) is 11.1. The zero-order valence-electron chi connectivity index (χ0n) is 19.0. The number of hydrogen-bond acceptors (Lipinski definition) is 7. The summed E-state index contributed by atoms with van der Waals surface area (Å²) in [7, 11) is 0. The average molecular weight is 472 g/mol. The first-order chi connectivity index (χ1) is 16.4. The van der Waals surface area contributed by atoms with E-state index in [0.29, 0.717) is 0 Å². The number of carbonyl (C=O) groups is 2. The molecule has 9 nitrogen and oxygen atoms in total. The first kappa shape index (κ1) is 24.3. The van der Waals surface area contributed by atoms with Crippen LogP contribution in [0.25, 0.3) is 0 Å². The summed E-state index contributed by atoms with van der Waals surface area (Å²) in [6.07, 6.45) is -4.87. The van der Waals surface area contributed by atoms with E-state index in [-0.39, 0.29) is 19.1 Å². The van der Waals surface area contributed by atoms with E-state index in [2.05, 4.69) is 5.32 Å². The Labute approximate surface area is 197 Å². The van der Waals surface area contributed by atoms with Crippen LogP contribution in [0.3, 0.4) is 0 Å². The Balaban J connectivity index is 1.59. The molecule has 0 saturated carbocycles. The van der Waals surface area contributed by atoms with E-state index in [1.165, 1.54) is 13.8 Å². The van der Waals surface area contributed by atoms with Crippen LogP contribution in [0.4, 0.5) is 0 Å². The highest BCUT2D eigenvalue weighted by Crippen LogP contribution is 2.36. The molecule has 0 bridgehead atoms. The van der Waals surface area contributed by atoms with Crippen LogP contribution in [0.15, 0.2) is 60.7 Å². The molecule has 2 saturated heterocycles. The van der Waals surface area contributed by atoms with Crippen LogP contribution >= 0.6 is 0 Å². The van der Waals surface area contributed by atoms with Gasteiger partial charge in [-0.05, 0) is 12.5 Å². The zero-order chi connectivity index (χ0) is 24.1. The van der Waals surface area contributed by atoms with Crippen molar-refractivity contribution < 1.29 is 38.4 Å². The van der Waals surface area contributed by atoms with Crippen LogP contribution in [0, 0.1) is 0 Å². The standard InChI is InChI=1S/C25H29NO8/c1-15(23(28)29)32-22-20(26-16(2)27)25(30-13-17-9-5-3-6-10-17)33-19-14-31-24(34-21(19)22)18-11-7-4-8-12-18/h3-12,15,19-22,24-25H,13-14H2,1-2H3,(H,26,27)(H,28,29)/t15-,19-,20+,21-,22+,24+,25-/m1/s1. The first-order valence-electron chi connectivity index (χ1n) is 11.2. The van der Waals surface area contributed by atoms with Crippen molar-refractivity contribution in [3.8, 4) is 0 Å². The Morgan fingerprint density at radius 2 is 1.76 bits per heavy atom. The van der Waals surface area contributed by atoms with Crippen molar-refractivity contribution in [2.45, 2.75) is 63.5 Å². The molecule has 0 unspecified atom stereocenters. The SMILES string of the molecule is CC(=O)N[C@@H]1[C@H](OCc2ccccc2)O[C@@H]2CO[C@H](c3ccccc3)O[C@H]2[C@H]1O[C@H](C)C(=O)O. The van der Waals surface area contributed by atoms with Crippen molar-refractivity contribution in [2.75, 3.05) is 6.61 Å². The largest absolute Gasteiger partial charge is 0.479 e. The first-order valence-corrected chi connectivity index (χ1v) is 11.2. The number of rotatable bonds is 8. The Bertz CT molecular complexity index is 956. The fourth-order valence-corrected chi connectivity index (χ4v) is 4.09. The van der Waals surface area contributed by atoms with Gasteiger partial charge in [0, 0.05) is 12.5 Å². The Kier molecular flexibility index (Phi) is 7.91. The molecule has 2 aliphatic heterocycles. The molecule has 2 aromatic carbocycles. The third-order valence-corrected chi connectivity index (χ3v) is 5.75. The average Bonchev–Trinajstić information content (AvgIpc) is 2.84. The summed E-state index contributed by atoms with van der Waals surface area (Å²) in [5.41, 5.74) is 1.73. The quantitative estimate of drug-likeness (QED) is 0.604. The molecule has 2 heterocycles. The second-order valence-electron chi connectivity index (χ2n) is 8.32. The fraction of sp³-hybridized carbons (Fsp3) is 0.440. The number of carboxylic acid groups (broad SMARTS) is 1. The van der Waals surface area contributed by atoms with Crippen LogP contribution in [-0.4, -0.2) is 60.3 Å². The van der Waals surface area contributed by atoms with Gasteiger partial charge in [0.15, 0.2) is 18.7 Å². The summed E-state index contributed by atoms with van der Waals surface area (Å²) in [6.45, 7) is 3.22. The number of aliphatic carboxylic acids is 1. The highest BCUT2D eigenvalue weighted by molar-refractivity contribution is 5.73. The number of carbonyl (C=O) groups excluding carboxylic acids is 1. The van der Waals surface area contributed by atoms with Crippen LogP contribution in [0.2, 0.25) is 0 Å². The zero-order valence-corrected chi connectivity index (χ0v) is 19.0. The van der Waals surface area contributed by atoms with Crippen molar-refractivity contribution in [3.63, 3.8) is 0 Å². The minimum Gasteiger partial charge on any atom is -0.479 e. The van der Waals surface area contributed by atoms with Crippen LogP contribution in [0.5, 0.6) is 0 Å². The van der Waals surface area contributed by atoms with Crippen LogP contribution in [0.1, 0.15) is 31.3 Å². The molecule has 2 fully saturated rings. The number of benzene rings is 2. The Hall–Kier alpha value is -2.82. The van der Waals surface area contributed by atoms with Gasteiger partial charge >= 0.3 is 5.97 Å². The summed E-state index contributed by atoms with van der Waals surface area (Å²) >= 11 is 0. The second-order valence-corrected chi connectivity index (χ2v) is 8.32. The summed E-state index contributed by atoms with van der Waals surface area (Å²) < 4.78 is 30.3. The number of nitrogens with one attached hydrogen (secondary N) is 1. The van der Waals surface area contributed by atoms with Gasteiger partial charge in [-0.2, -0.15) is 0 Å². The van der Waals surface area contributed by atoms with Gasteiger partial charge < -0.3 is 34.1 Å². The molecule has 2 aromatic rings. The van der Waals surface area contributed by atoms with Gasteiger partial charge in [0.1, 0.15) is 24.4 Å². The van der Waals surface area contributed by atoms with Gasteiger partial charge in [-0.3, -0.25) is 4.79 Å². The lowest BCUT2D eigenvalue weighted by molar-refractivity contribution is -0.351. The van der Waals surface area contributed by atoms with Gasteiger partial charge in [-0.1, -0.05) is 60.7 Å².